The Morgan fingerprint density at radius 1 is 1.04 bits per heavy atom. The van der Waals surface area contributed by atoms with E-state index >= 15 is 0 Å². The molecular weight excluding hydrogens is 298 g/mol. The highest BCUT2D eigenvalue weighted by atomic mass is 16.3. The molecule has 1 saturated carbocycles. The van der Waals surface area contributed by atoms with Crippen molar-refractivity contribution in [2.45, 2.75) is 58.8 Å². The second-order valence-electron chi connectivity index (χ2n) is 9.69. The quantitative estimate of drug-likeness (QED) is 0.675. The molecule has 0 radical (unpaired) electrons. The number of phenolic OH excluding ortho intramolecular Hbond substituents is 2. The Balaban J connectivity index is 1.84. The summed E-state index contributed by atoms with van der Waals surface area (Å²) in [6, 6.07) is 3.41. The average molecular weight is 329 g/mol. The van der Waals surface area contributed by atoms with Gasteiger partial charge in [-0.15, -0.1) is 0 Å². The van der Waals surface area contributed by atoms with Crippen LogP contribution in [0, 0.1) is 22.7 Å². The molecule has 1 aromatic rings. The fraction of sp³-hybridized carbons (Fsp3) is 0.714. The highest BCUT2D eigenvalue weighted by molar-refractivity contribution is 5.54. The highest BCUT2D eigenvalue weighted by Gasteiger charge is 2.60. The van der Waals surface area contributed by atoms with E-state index in [2.05, 4.69) is 33.0 Å². The number of benzene rings is 1. The molecule has 0 bridgehead atoms. The van der Waals surface area contributed by atoms with Crippen LogP contribution in [0.3, 0.4) is 0 Å². The van der Waals surface area contributed by atoms with Gasteiger partial charge in [0.2, 0.25) is 0 Å². The normalized spacial score (nSPS) is 40.3. The standard InChI is InChI=1S/C21H31NO2/c1-19(2)12-22-8-7-20(3)16(19)5-6-21(4)17(20)10-13-9-14(23)11-15(24)18(13)21/h9,11,16-17,22-24H,5-8,10,12H2,1-4H3/t16-,17+,20-,21+/m1/s1. The molecule has 0 unspecified atom stereocenters. The minimum atomic E-state index is 0.0266. The molecule has 4 rings (SSSR count). The maximum atomic E-state index is 10.6. The van der Waals surface area contributed by atoms with Crippen LogP contribution in [0.4, 0.5) is 0 Å². The van der Waals surface area contributed by atoms with Gasteiger partial charge < -0.3 is 15.5 Å². The van der Waals surface area contributed by atoms with Crippen LogP contribution in [-0.2, 0) is 11.8 Å². The first-order chi connectivity index (χ1) is 11.2. The van der Waals surface area contributed by atoms with E-state index in [1.54, 1.807) is 0 Å². The molecule has 3 aliphatic rings. The Hall–Kier alpha value is -1.22. The fourth-order valence-corrected chi connectivity index (χ4v) is 6.91. The molecule has 2 fully saturated rings. The topological polar surface area (TPSA) is 52.5 Å². The number of aromatic hydroxyl groups is 2. The van der Waals surface area contributed by atoms with Gasteiger partial charge in [-0.3, -0.25) is 0 Å². The van der Waals surface area contributed by atoms with Crippen LogP contribution in [0.5, 0.6) is 11.5 Å². The van der Waals surface area contributed by atoms with Crippen LogP contribution in [0.25, 0.3) is 0 Å². The summed E-state index contributed by atoms with van der Waals surface area (Å²) in [5.74, 6) is 1.72. The molecule has 132 valence electrons. The highest BCUT2D eigenvalue weighted by Crippen LogP contribution is 2.66. The predicted octanol–water partition coefficient (Wildman–Crippen LogP) is 3.96. The smallest absolute Gasteiger partial charge is 0.123 e. The maximum absolute atomic E-state index is 10.6. The summed E-state index contributed by atoms with van der Waals surface area (Å²) in [5, 5.41) is 24.2. The molecule has 2 aliphatic carbocycles. The zero-order valence-corrected chi connectivity index (χ0v) is 15.4. The van der Waals surface area contributed by atoms with Crippen LogP contribution in [0.1, 0.15) is 58.1 Å². The van der Waals surface area contributed by atoms with Crippen LogP contribution in [-0.4, -0.2) is 23.3 Å². The Morgan fingerprint density at radius 2 is 1.79 bits per heavy atom. The fourth-order valence-electron chi connectivity index (χ4n) is 6.91. The van der Waals surface area contributed by atoms with Gasteiger partial charge in [0, 0.05) is 23.6 Å². The molecule has 1 heterocycles. The maximum Gasteiger partial charge on any atom is 0.123 e. The van der Waals surface area contributed by atoms with Crippen molar-refractivity contribution in [3.8, 4) is 11.5 Å². The second-order valence-corrected chi connectivity index (χ2v) is 9.69. The Bertz CT molecular complexity index is 683. The van der Waals surface area contributed by atoms with Crippen molar-refractivity contribution in [2.75, 3.05) is 13.1 Å². The summed E-state index contributed by atoms with van der Waals surface area (Å²) in [7, 11) is 0. The number of nitrogens with one attached hydrogen (secondary N) is 1. The van der Waals surface area contributed by atoms with Crippen molar-refractivity contribution < 1.29 is 10.2 Å². The van der Waals surface area contributed by atoms with Gasteiger partial charge in [-0.25, -0.2) is 0 Å². The summed E-state index contributed by atoms with van der Waals surface area (Å²) < 4.78 is 0. The van der Waals surface area contributed by atoms with Gasteiger partial charge in [-0.05, 0) is 66.5 Å². The summed E-state index contributed by atoms with van der Waals surface area (Å²) in [6.45, 7) is 11.9. The average Bonchev–Trinajstić information content (AvgIpc) is 2.71. The van der Waals surface area contributed by atoms with Gasteiger partial charge in [0.1, 0.15) is 11.5 Å². The third-order valence-electron chi connectivity index (χ3n) is 7.86. The zero-order chi connectivity index (χ0) is 17.3. The lowest BCUT2D eigenvalue weighted by Crippen LogP contribution is -2.53. The summed E-state index contributed by atoms with van der Waals surface area (Å²) in [6.07, 6.45) is 4.53. The van der Waals surface area contributed by atoms with Gasteiger partial charge in [0.05, 0.1) is 0 Å². The van der Waals surface area contributed by atoms with Crippen molar-refractivity contribution in [3.05, 3.63) is 23.3 Å². The van der Waals surface area contributed by atoms with E-state index < -0.39 is 0 Å². The van der Waals surface area contributed by atoms with Gasteiger partial charge in [0.25, 0.3) is 0 Å². The van der Waals surface area contributed by atoms with Crippen LogP contribution in [0.2, 0.25) is 0 Å². The summed E-state index contributed by atoms with van der Waals surface area (Å²) in [5.41, 5.74) is 2.86. The van der Waals surface area contributed by atoms with Crippen molar-refractivity contribution in [3.63, 3.8) is 0 Å². The minimum absolute atomic E-state index is 0.0266. The first-order valence-corrected chi connectivity index (χ1v) is 9.44. The number of fused-ring (bicyclic) bond motifs is 5. The largest absolute Gasteiger partial charge is 0.508 e. The predicted molar refractivity (Wildman–Crippen MR) is 96.4 cm³/mol. The van der Waals surface area contributed by atoms with E-state index in [9.17, 15) is 10.2 Å². The van der Waals surface area contributed by atoms with Crippen molar-refractivity contribution in [1.29, 1.82) is 0 Å². The van der Waals surface area contributed by atoms with E-state index in [0.29, 0.717) is 23.0 Å². The molecule has 1 saturated heterocycles. The van der Waals surface area contributed by atoms with Crippen molar-refractivity contribution >= 4 is 0 Å². The molecule has 3 heteroatoms. The summed E-state index contributed by atoms with van der Waals surface area (Å²) in [4.78, 5) is 0. The lowest BCUT2D eigenvalue weighted by molar-refractivity contribution is -0.0569. The first-order valence-electron chi connectivity index (χ1n) is 9.44. The SMILES string of the molecule is CC1(C)CNCC[C@]2(C)[C@@H]1CC[C@]1(C)c3c(O)cc(O)cc3C[C@@H]21. The van der Waals surface area contributed by atoms with Gasteiger partial charge in [-0.1, -0.05) is 27.7 Å². The minimum Gasteiger partial charge on any atom is -0.508 e. The molecule has 1 aliphatic heterocycles. The van der Waals surface area contributed by atoms with Gasteiger partial charge in [-0.2, -0.15) is 0 Å². The molecule has 24 heavy (non-hydrogen) atoms. The number of hydrogen-bond donors (Lipinski definition) is 3. The molecule has 0 amide bonds. The van der Waals surface area contributed by atoms with Crippen LogP contribution < -0.4 is 5.32 Å². The van der Waals surface area contributed by atoms with Gasteiger partial charge in [0.15, 0.2) is 0 Å². The Morgan fingerprint density at radius 3 is 2.54 bits per heavy atom. The van der Waals surface area contributed by atoms with Gasteiger partial charge >= 0.3 is 0 Å². The summed E-state index contributed by atoms with van der Waals surface area (Å²) >= 11 is 0. The van der Waals surface area contributed by atoms with Crippen molar-refractivity contribution in [2.24, 2.45) is 22.7 Å². The van der Waals surface area contributed by atoms with E-state index in [1.807, 2.05) is 6.07 Å². The first kappa shape index (κ1) is 16.3. The molecule has 3 nitrogen and oxygen atoms in total. The van der Waals surface area contributed by atoms with E-state index in [-0.39, 0.29) is 16.6 Å². The van der Waals surface area contributed by atoms with Crippen molar-refractivity contribution in [1.82, 2.24) is 5.32 Å². The zero-order valence-electron chi connectivity index (χ0n) is 15.4. The Kier molecular flexibility index (Phi) is 3.32. The van der Waals surface area contributed by atoms with E-state index in [1.165, 1.54) is 18.9 Å². The third kappa shape index (κ3) is 2.00. The molecule has 1 aromatic carbocycles. The van der Waals surface area contributed by atoms with Crippen LogP contribution >= 0.6 is 0 Å². The van der Waals surface area contributed by atoms with E-state index in [4.69, 9.17) is 0 Å². The monoisotopic (exact) mass is 329 g/mol. The van der Waals surface area contributed by atoms with Crippen LogP contribution in [0.15, 0.2) is 12.1 Å². The molecule has 0 aromatic heterocycles. The number of hydrogen-bond acceptors (Lipinski definition) is 3. The lowest BCUT2D eigenvalue weighted by atomic mass is 9.47. The second kappa shape index (κ2) is 4.91. The molecular formula is C21H31NO2. The Labute approximate surface area is 145 Å². The molecule has 0 spiro atoms. The molecule has 3 N–H and O–H groups in total. The number of phenols is 2. The van der Waals surface area contributed by atoms with E-state index in [0.717, 1.165) is 37.1 Å². The lowest BCUT2D eigenvalue weighted by Gasteiger charge is -2.57. The third-order valence-corrected chi connectivity index (χ3v) is 7.86. The molecule has 4 atom stereocenters. The number of rotatable bonds is 0.